The third-order valence-electron chi connectivity index (χ3n) is 5.29. The van der Waals surface area contributed by atoms with E-state index in [4.69, 9.17) is 4.74 Å². The summed E-state index contributed by atoms with van der Waals surface area (Å²) in [7, 11) is 1.49. The highest BCUT2D eigenvalue weighted by atomic mass is 35.5. The number of ether oxygens (including phenoxy) is 1. The Morgan fingerprint density at radius 2 is 1.64 bits per heavy atom. The zero-order chi connectivity index (χ0) is 25.2. The number of rotatable bonds is 6. The van der Waals surface area contributed by atoms with E-state index in [0.29, 0.717) is 22.5 Å². The molecule has 0 saturated carbocycles. The van der Waals surface area contributed by atoms with Crippen LogP contribution >= 0.6 is 12.4 Å². The van der Waals surface area contributed by atoms with Crippen molar-refractivity contribution in [1.82, 2.24) is 9.97 Å². The molecule has 0 aliphatic carbocycles. The molecular weight excluding hydrogens is 497 g/mol. The molecule has 3 aromatic carbocycles. The van der Waals surface area contributed by atoms with Crippen molar-refractivity contribution in [1.29, 1.82) is 0 Å². The Hall–Kier alpha value is -3.89. The topological polar surface area (TPSA) is 96.1 Å². The van der Waals surface area contributed by atoms with Gasteiger partial charge in [-0.1, -0.05) is 30.3 Å². The molecule has 4 aromatic rings. The summed E-state index contributed by atoms with van der Waals surface area (Å²) in [4.78, 5) is 33.4. The van der Waals surface area contributed by atoms with Crippen LogP contribution in [0, 0.1) is 6.92 Å². The lowest BCUT2D eigenvalue weighted by atomic mass is 10.1. The quantitative estimate of drug-likeness (QED) is 0.293. The van der Waals surface area contributed by atoms with Gasteiger partial charge in [0.15, 0.2) is 0 Å². The number of anilines is 2. The summed E-state index contributed by atoms with van der Waals surface area (Å²) in [6, 6.07) is 14.6. The van der Waals surface area contributed by atoms with Crippen molar-refractivity contribution in [2.24, 2.45) is 0 Å². The highest BCUT2D eigenvalue weighted by molar-refractivity contribution is 6.14. The van der Waals surface area contributed by atoms with Crippen LogP contribution in [0.1, 0.15) is 37.7 Å². The Morgan fingerprint density at radius 3 is 2.33 bits per heavy atom. The number of carbonyl (C=O) groups is 2. The normalized spacial score (nSPS) is 11.1. The second-order valence-corrected chi connectivity index (χ2v) is 7.80. The molecule has 11 heteroatoms. The van der Waals surface area contributed by atoms with Crippen LogP contribution in [-0.2, 0) is 17.5 Å². The summed E-state index contributed by atoms with van der Waals surface area (Å²) < 4.78 is 45.2. The van der Waals surface area contributed by atoms with Gasteiger partial charge in [0.05, 0.1) is 22.2 Å². The van der Waals surface area contributed by atoms with Gasteiger partial charge in [0.1, 0.15) is 17.9 Å². The van der Waals surface area contributed by atoms with Crippen LogP contribution in [-0.4, -0.2) is 28.9 Å². The average molecular weight is 519 g/mol. The van der Waals surface area contributed by atoms with Crippen molar-refractivity contribution in [3.05, 3.63) is 88.7 Å². The molecule has 0 aliphatic rings. The molecule has 3 N–H and O–H groups in total. The maximum atomic E-state index is 13.4. The summed E-state index contributed by atoms with van der Waals surface area (Å²) in [6.07, 6.45) is -4.70. The fraction of sp³-hybridized carbons (Fsp3) is 0.160. The number of nitrogens with one attached hydrogen (secondary N) is 3. The van der Waals surface area contributed by atoms with Crippen LogP contribution in [0.15, 0.2) is 60.7 Å². The van der Waals surface area contributed by atoms with E-state index in [2.05, 4.69) is 20.6 Å². The van der Waals surface area contributed by atoms with Crippen LogP contribution in [0.25, 0.3) is 11.0 Å². The van der Waals surface area contributed by atoms with Crippen LogP contribution in [0.4, 0.5) is 24.5 Å². The Balaban J connectivity index is 0.00000361. The van der Waals surface area contributed by atoms with Gasteiger partial charge in [-0.05, 0) is 42.8 Å². The molecule has 0 unspecified atom stereocenters. The maximum absolute atomic E-state index is 13.4. The van der Waals surface area contributed by atoms with Gasteiger partial charge in [0.2, 0.25) is 0 Å². The molecule has 36 heavy (non-hydrogen) atoms. The Morgan fingerprint density at radius 1 is 0.972 bits per heavy atom. The van der Waals surface area contributed by atoms with Crippen molar-refractivity contribution < 1.29 is 27.5 Å². The first-order valence-electron chi connectivity index (χ1n) is 10.5. The van der Waals surface area contributed by atoms with Gasteiger partial charge in [-0.15, -0.1) is 12.4 Å². The molecule has 0 spiro atoms. The molecule has 1 heterocycles. The number of hydrogen-bond donors (Lipinski definition) is 3. The van der Waals surface area contributed by atoms with Crippen molar-refractivity contribution >= 4 is 46.6 Å². The number of nitrogens with zero attached hydrogens (tertiary/aromatic N) is 1. The van der Waals surface area contributed by atoms with Gasteiger partial charge in [-0.3, -0.25) is 9.59 Å². The van der Waals surface area contributed by atoms with Crippen LogP contribution < -0.4 is 10.6 Å². The fourth-order valence-electron chi connectivity index (χ4n) is 3.65. The predicted octanol–water partition coefficient (Wildman–Crippen LogP) is 5.96. The second kappa shape index (κ2) is 10.8. The number of fused-ring (bicyclic) bond motifs is 1. The number of benzene rings is 3. The fourth-order valence-corrected chi connectivity index (χ4v) is 3.65. The highest BCUT2D eigenvalue weighted by Crippen LogP contribution is 2.32. The summed E-state index contributed by atoms with van der Waals surface area (Å²) in [6.45, 7) is 1.99. The smallest absolute Gasteiger partial charge is 0.377 e. The van der Waals surface area contributed by atoms with Gasteiger partial charge >= 0.3 is 6.18 Å². The SMILES string of the molecule is COCc1nc2c(C(=O)Nc3ccccc3C)cc(NC(=O)c3ccccc3C(F)(F)F)cc2[nH]1.Cl. The van der Waals surface area contributed by atoms with Crippen molar-refractivity contribution in [2.45, 2.75) is 19.7 Å². The minimum absolute atomic E-state index is 0. The minimum atomic E-state index is -4.70. The van der Waals surface area contributed by atoms with E-state index in [-0.39, 0.29) is 30.3 Å². The van der Waals surface area contributed by atoms with E-state index in [9.17, 15) is 22.8 Å². The number of para-hydroxylation sites is 1. The van der Waals surface area contributed by atoms with Crippen LogP contribution in [0.5, 0.6) is 0 Å². The Bertz CT molecular complexity index is 1420. The molecule has 0 fully saturated rings. The number of aryl methyl sites for hydroxylation is 1. The van der Waals surface area contributed by atoms with E-state index in [1.807, 2.05) is 19.1 Å². The number of H-pyrrole nitrogens is 1. The minimum Gasteiger partial charge on any atom is -0.377 e. The third kappa shape index (κ3) is 5.67. The maximum Gasteiger partial charge on any atom is 0.417 e. The first kappa shape index (κ1) is 26.7. The van der Waals surface area contributed by atoms with E-state index < -0.39 is 29.1 Å². The predicted molar refractivity (Wildman–Crippen MR) is 133 cm³/mol. The lowest BCUT2D eigenvalue weighted by molar-refractivity contribution is -0.137. The third-order valence-corrected chi connectivity index (χ3v) is 5.29. The number of methoxy groups -OCH3 is 1. The lowest BCUT2D eigenvalue weighted by Crippen LogP contribution is -2.19. The van der Waals surface area contributed by atoms with Gasteiger partial charge in [-0.25, -0.2) is 4.98 Å². The first-order valence-corrected chi connectivity index (χ1v) is 10.5. The molecule has 4 rings (SSSR count). The number of halogens is 4. The Labute approximate surface area is 210 Å². The van der Waals surface area contributed by atoms with Crippen LogP contribution in [0.3, 0.4) is 0 Å². The summed E-state index contributed by atoms with van der Waals surface area (Å²) in [5, 5.41) is 5.29. The molecule has 1 aromatic heterocycles. The molecule has 0 atom stereocenters. The monoisotopic (exact) mass is 518 g/mol. The average Bonchev–Trinajstić information content (AvgIpc) is 3.22. The van der Waals surface area contributed by atoms with E-state index in [1.54, 1.807) is 12.1 Å². The van der Waals surface area contributed by atoms with Crippen molar-refractivity contribution in [2.75, 3.05) is 17.7 Å². The molecule has 188 valence electrons. The highest BCUT2D eigenvalue weighted by Gasteiger charge is 2.35. The zero-order valence-corrected chi connectivity index (χ0v) is 20.0. The number of hydrogen-bond acceptors (Lipinski definition) is 4. The van der Waals surface area contributed by atoms with Crippen molar-refractivity contribution in [3.63, 3.8) is 0 Å². The van der Waals surface area contributed by atoms with Gasteiger partial charge < -0.3 is 20.4 Å². The number of alkyl halides is 3. The number of amides is 2. The van der Waals surface area contributed by atoms with E-state index in [1.165, 1.54) is 31.4 Å². The standard InChI is InChI=1S/C25H21F3N4O3.ClH/c1-14-7-3-6-10-19(14)31-24(34)17-11-15(12-20-22(17)32-21(30-20)13-35-2)29-23(33)16-8-4-5-9-18(16)25(26,27)28;/h3-12H,13H2,1-2H3,(H,29,33)(H,30,32)(H,31,34);1H. The van der Waals surface area contributed by atoms with Gasteiger partial charge in [0.25, 0.3) is 11.8 Å². The Kier molecular flexibility index (Phi) is 8.01. The lowest BCUT2D eigenvalue weighted by Gasteiger charge is -2.14. The largest absolute Gasteiger partial charge is 0.417 e. The molecular formula is C25H22ClF3N4O3. The molecule has 7 nitrogen and oxygen atoms in total. The van der Waals surface area contributed by atoms with Crippen LogP contribution in [0.2, 0.25) is 0 Å². The first-order chi connectivity index (χ1) is 16.7. The zero-order valence-electron chi connectivity index (χ0n) is 19.2. The number of imidazole rings is 1. The number of aromatic amines is 1. The second-order valence-electron chi connectivity index (χ2n) is 7.80. The van der Waals surface area contributed by atoms with Crippen molar-refractivity contribution in [3.8, 4) is 0 Å². The molecule has 0 bridgehead atoms. The summed E-state index contributed by atoms with van der Waals surface area (Å²) in [5.74, 6) is -1.01. The molecule has 2 amide bonds. The van der Waals surface area contributed by atoms with E-state index in [0.717, 1.165) is 17.7 Å². The molecule has 0 saturated heterocycles. The van der Waals surface area contributed by atoms with Gasteiger partial charge in [-0.2, -0.15) is 13.2 Å². The number of aromatic nitrogens is 2. The molecule has 0 aliphatic heterocycles. The molecule has 0 radical (unpaired) electrons. The number of carbonyl (C=O) groups excluding carboxylic acids is 2. The summed E-state index contributed by atoms with van der Waals surface area (Å²) >= 11 is 0. The van der Waals surface area contributed by atoms with Gasteiger partial charge in [0, 0.05) is 18.5 Å². The summed E-state index contributed by atoms with van der Waals surface area (Å²) in [5.41, 5.74) is 0.839. The van der Waals surface area contributed by atoms with E-state index >= 15 is 0 Å².